The predicted octanol–water partition coefficient (Wildman–Crippen LogP) is -1.77. The number of aliphatic carboxylic acids is 1. The van der Waals surface area contributed by atoms with Crippen LogP contribution in [0.15, 0.2) is 17.1 Å². The van der Waals surface area contributed by atoms with E-state index in [4.69, 9.17) is 22.3 Å². The SMILES string of the molecule is NC(N)=NC/C=C/C(N)C(=O)O. The second-order valence-corrected chi connectivity index (χ2v) is 2.06. The van der Waals surface area contributed by atoms with Crippen LogP contribution in [0.2, 0.25) is 0 Å². The summed E-state index contributed by atoms with van der Waals surface area (Å²) in [6, 6.07) is -1.00. The number of rotatable bonds is 4. The number of hydrogen-bond acceptors (Lipinski definition) is 3. The number of hydrogen-bond donors (Lipinski definition) is 4. The maximum Gasteiger partial charge on any atom is 0.324 e. The van der Waals surface area contributed by atoms with Gasteiger partial charge in [-0.25, -0.2) is 4.99 Å². The third-order valence-corrected chi connectivity index (χ3v) is 1.01. The van der Waals surface area contributed by atoms with E-state index >= 15 is 0 Å². The third kappa shape index (κ3) is 5.24. The lowest BCUT2D eigenvalue weighted by atomic mass is 10.3. The van der Waals surface area contributed by atoms with Crippen molar-refractivity contribution in [1.29, 1.82) is 0 Å². The maximum absolute atomic E-state index is 10.2. The number of carbonyl (C=O) groups is 1. The Kier molecular flexibility index (Phi) is 4.47. The molecule has 68 valence electrons. The normalized spacial score (nSPS) is 12.8. The van der Waals surface area contributed by atoms with Gasteiger partial charge in [-0.15, -0.1) is 0 Å². The summed E-state index contributed by atoms with van der Waals surface area (Å²) < 4.78 is 0. The molecule has 12 heavy (non-hydrogen) atoms. The fraction of sp³-hybridized carbons (Fsp3) is 0.333. The Bertz CT molecular complexity index is 208. The molecule has 0 bridgehead atoms. The van der Waals surface area contributed by atoms with E-state index in [0.717, 1.165) is 0 Å². The van der Waals surface area contributed by atoms with Crippen LogP contribution in [0.25, 0.3) is 0 Å². The van der Waals surface area contributed by atoms with E-state index in [1.807, 2.05) is 0 Å². The first-order chi connectivity index (χ1) is 5.54. The topological polar surface area (TPSA) is 128 Å². The van der Waals surface area contributed by atoms with Crippen molar-refractivity contribution in [3.8, 4) is 0 Å². The predicted molar refractivity (Wildman–Crippen MR) is 45.4 cm³/mol. The van der Waals surface area contributed by atoms with Crippen molar-refractivity contribution in [3.63, 3.8) is 0 Å². The molecule has 0 aromatic heterocycles. The lowest BCUT2D eigenvalue weighted by Gasteiger charge is -1.96. The van der Waals surface area contributed by atoms with Gasteiger partial charge < -0.3 is 22.3 Å². The van der Waals surface area contributed by atoms with Gasteiger partial charge in [-0.1, -0.05) is 12.2 Å². The minimum absolute atomic E-state index is 0.0384. The molecule has 0 radical (unpaired) electrons. The molecule has 0 aliphatic heterocycles. The summed E-state index contributed by atoms with van der Waals surface area (Å²) in [5.41, 5.74) is 15.2. The molecular weight excluding hydrogens is 160 g/mol. The van der Waals surface area contributed by atoms with E-state index in [1.165, 1.54) is 12.2 Å². The fourth-order valence-electron chi connectivity index (χ4n) is 0.448. The van der Waals surface area contributed by atoms with Gasteiger partial charge >= 0.3 is 5.97 Å². The maximum atomic E-state index is 10.2. The molecule has 0 amide bonds. The number of carboxylic acids is 1. The van der Waals surface area contributed by atoms with E-state index < -0.39 is 12.0 Å². The highest BCUT2D eigenvalue weighted by molar-refractivity contribution is 5.76. The first-order valence-electron chi connectivity index (χ1n) is 3.24. The molecule has 7 N–H and O–H groups in total. The molecular formula is C6H12N4O2. The lowest BCUT2D eigenvalue weighted by molar-refractivity contribution is -0.137. The molecule has 0 heterocycles. The molecule has 0 aliphatic carbocycles. The molecule has 0 aromatic carbocycles. The van der Waals surface area contributed by atoms with Gasteiger partial charge in [0.2, 0.25) is 0 Å². The number of carboxylic acid groups (broad SMARTS) is 1. The van der Waals surface area contributed by atoms with Crippen LogP contribution in [0.5, 0.6) is 0 Å². The third-order valence-electron chi connectivity index (χ3n) is 1.01. The highest BCUT2D eigenvalue weighted by atomic mass is 16.4. The zero-order chi connectivity index (χ0) is 9.56. The Labute approximate surface area is 69.7 Å². The van der Waals surface area contributed by atoms with Crippen LogP contribution >= 0.6 is 0 Å². The summed E-state index contributed by atoms with van der Waals surface area (Å²) in [6.45, 7) is 0.239. The monoisotopic (exact) mass is 172 g/mol. The molecule has 0 aliphatic rings. The second kappa shape index (κ2) is 5.14. The summed E-state index contributed by atoms with van der Waals surface area (Å²) in [5.74, 6) is -1.13. The number of nitrogens with zero attached hydrogens (tertiary/aromatic N) is 1. The average Bonchev–Trinajstić information content (AvgIpc) is 1.97. The molecule has 0 spiro atoms. The standard InChI is InChI=1S/C6H12N4O2/c7-4(5(11)12)2-1-3-10-6(8)9/h1-2,4H,3,7H2,(H,11,12)(H4,8,9,10)/b2-1+. The Hall–Kier alpha value is -1.56. The Morgan fingerprint density at radius 1 is 1.58 bits per heavy atom. The van der Waals surface area contributed by atoms with Crippen molar-refractivity contribution in [1.82, 2.24) is 0 Å². The van der Waals surface area contributed by atoms with E-state index in [1.54, 1.807) is 0 Å². The van der Waals surface area contributed by atoms with Crippen molar-refractivity contribution in [3.05, 3.63) is 12.2 Å². The number of guanidine groups is 1. The minimum Gasteiger partial charge on any atom is -0.480 e. The van der Waals surface area contributed by atoms with Crippen LogP contribution in [0.3, 0.4) is 0 Å². The first kappa shape index (κ1) is 10.4. The average molecular weight is 172 g/mol. The van der Waals surface area contributed by atoms with Gasteiger partial charge in [0.05, 0.1) is 6.54 Å². The van der Waals surface area contributed by atoms with Crippen molar-refractivity contribution < 1.29 is 9.90 Å². The Morgan fingerprint density at radius 3 is 2.58 bits per heavy atom. The van der Waals surface area contributed by atoms with Gasteiger partial charge in [0.25, 0.3) is 0 Å². The zero-order valence-corrected chi connectivity index (χ0v) is 6.47. The number of nitrogens with two attached hydrogens (primary N) is 3. The summed E-state index contributed by atoms with van der Waals surface area (Å²) in [6.07, 6.45) is 2.80. The van der Waals surface area contributed by atoms with Crippen LogP contribution in [0.4, 0.5) is 0 Å². The first-order valence-corrected chi connectivity index (χ1v) is 3.24. The van der Waals surface area contributed by atoms with Gasteiger partial charge in [-0.3, -0.25) is 4.79 Å². The summed E-state index contributed by atoms with van der Waals surface area (Å²) in [5, 5.41) is 8.33. The minimum atomic E-state index is -1.09. The molecule has 0 saturated heterocycles. The second-order valence-electron chi connectivity index (χ2n) is 2.06. The zero-order valence-electron chi connectivity index (χ0n) is 6.47. The van der Waals surface area contributed by atoms with Crippen molar-refractivity contribution in [2.24, 2.45) is 22.2 Å². The van der Waals surface area contributed by atoms with Crippen molar-refractivity contribution >= 4 is 11.9 Å². The van der Waals surface area contributed by atoms with Crippen LogP contribution in [-0.4, -0.2) is 29.6 Å². The molecule has 6 heteroatoms. The smallest absolute Gasteiger partial charge is 0.324 e. The molecule has 1 unspecified atom stereocenters. The van der Waals surface area contributed by atoms with Gasteiger partial charge in [0.15, 0.2) is 5.96 Å². The molecule has 0 aromatic rings. The van der Waals surface area contributed by atoms with E-state index in [9.17, 15) is 4.79 Å². The Balaban J connectivity index is 3.77. The number of aliphatic imine (C=N–C) groups is 1. The summed E-state index contributed by atoms with van der Waals surface area (Å²) in [7, 11) is 0. The van der Waals surface area contributed by atoms with Crippen LogP contribution in [-0.2, 0) is 4.79 Å². The van der Waals surface area contributed by atoms with Gasteiger partial charge in [-0.2, -0.15) is 0 Å². The van der Waals surface area contributed by atoms with E-state index in [2.05, 4.69) is 4.99 Å². The molecule has 0 saturated carbocycles. The molecule has 1 atom stereocenters. The summed E-state index contributed by atoms with van der Waals surface area (Å²) >= 11 is 0. The molecule has 0 fully saturated rings. The fourth-order valence-corrected chi connectivity index (χ4v) is 0.448. The van der Waals surface area contributed by atoms with Gasteiger partial charge in [0.1, 0.15) is 6.04 Å². The highest BCUT2D eigenvalue weighted by Crippen LogP contribution is 1.82. The van der Waals surface area contributed by atoms with Crippen molar-refractivity contribution in [2.75, 3.05) is 6.54 Å². The van der Waals surface area contributed by atoms with Crippen LogP contribution in [0.1, 0.15) is 0 Å². The van der Waals surface area contributed by atoms with E-state index in [0.29, 0.717) is 0 Å². The Morgan fingerprint density at radius 2 is 2.17 bits per heavy atom. The largest absolute Gasteiger partial charge is 0.480 e. The van der Waals surface area contributed by atoms with E-state index in [-0.39, 0.29) is 12.5 Å². The quantitative estimate of drug-likeness (QED) is 0.226. The van der Waals surface area contributed by atoms with Crippen LogP contribution in [0, 0.1) is 0 Å². The van der Waals surface area contributed by atoms with Crippen LogP contribution < -0.4 is 17.2 Å². The van der Waals surface area contributed by atoms with Gasteiger partial charge in [-0.05, 0) is 0 Å². The summed E-state index contributed by atoms with van der Waals surface area (Å²) in [4.78, 5) is 13.8. The van der Waals surface area contributed by atoms with Crippen molar-refractivity contribution in [2.45, 2.75) is 6.04 Å². The molecule has 6 nitrogen and oxygen atoms in total. The molecule has 0 rings (SSSR count). The highest BCUT2D eigenvalue weighted by Gasteiger charge is 2.04. The van der Waals surface area contributed by atoms with Gasteiger partial charge in [0, 0.05) is 0 Å². The lowest BCUT2D eigenvalue weighted by Crippen LogP contribution is -2.27.